The van der Waals surface area contributed by atoms with Crippen LogP contribution in [0.4, 0.5) is 0 Å². The molecule has 2 aliphatic heterocycles. The lowest BCUT2D eigenvalue weighted by atomic mass is 10.0. The maximum absolute atomic E-state index is 5.86. The minimum atomic E-state index is 0.402. The highest BCUT2D eigenvalue weighted by atomic mass is 79.9. The molecule has 4 heteroatoms. The molecule has 2 atom stereocenters. The Morgan fingerprint density at radius 2 is 2.10 bits per heavy atom. The van der Waals surface area contributed by atoms with Crippen molar-refractivity contribution in [1.29, 1.82) is 0 Å². The zero-order valence-corrected chi connectivity index (χ0v) is 14.0. The second kappa shape index (κ2) is 7.61. The summed E-state index contributed by atoms with van der Waals surface area (Å²) in [5.74, 6) is 1.02. The van der Waals surface area contributed by atoms with Gasteiger partial charge >= 0.3 is 0 Å². The van der Waals surface area contributed by atoms with Gasteiger partial charge in [-0.1, -0.05) is 22.0 Å². The van der Waals surface area contributed by atoms with E-state index in [9.17, 15) is 0 Å². The normalized spacial score (nSPS) is 25.8. The van der Waals surface area contributed by atoms with Crippen LogP contribution in [0.25, 0.3) is 0 Å². The van der Waals surface area contributed by atoms with Crippen molar-refractivity contribution in [3.05, 3.63) is 28.2 Å². The van der Waals surface area contributed by atoms with Crippen LogP contribution in [-0.2, 0) is 4.74 Å². The molecule has 0 aliphatic carbocycles. The fraction of sp³-hybridized carbons (Fsp3) is 0.647. The van der Waals surface area contributed by atoms with Crippen LogP contribution in [0.15, 0.2) is 22.7 Å². The highest BCUT2D eigenvalue weighted by molar-refractivity contribution is 9.10. The van der Waals surface area contributed by atoms with Gasteiger partial charge in [-0.2, -0.15) is 0 Å². The van der Waals surface area contributed by atoms with E-state index >= 15 is 0 Å². The van der Waals surface area contributed by atoms with Crippen molar-refractivity contribution >= 4 is 15.9 Å². The number of fused-ring (bicyclic) bond motifs is 1. The van der Waals surface area contributed by atoms with Crippen LogP contribution in [0.5, 0.6) is 5.75 Å². The van der Waals surface area contributed by atoms with E-state index in [2.05, 4.69) is 39.4 Å². The molecule has 1 N–H and O–H groups in total. The Hall–Kier alpha value is -0.580. The van der Waals surface area contributed by atoms with Gasteiger partial charge in [-0.3, -0.25) is 0 Å². The SMILES string of the molecule is Brc1ccc2c(c1)OCCCC2NCCC1CCCCO1. The van der Waals surface area contributed by atoms with E-state index in [1.807, 2.05) is 0 Å². The van der Waals surface area contributed by atoms with Gasteiger partial charge in [-0.25, -0.2) is 0 Å². The molecule has 3 rings (SSSR count). The summed E-state index contributed by atoms with van der Waals surface area (Å²) in [6, 6.07) is 6.77. The van der Waals surface area contributed by atoms with Gasteiger partial charge < -0.3 is 14.8 Å². The van der Waals surface area contributed by atoms with Crippen molar-refractivity contribution in [2.24, 2.45) is 0 Å². The number of nitrogens with one attached hydrogen (secondary N) is 1. The first kappa shape index (κ1) is 15.3. The van der Waals surface area contributed by atoms with E-state index in [-0.39, 0.29) is 0 Å². The van der Waals surface area contributed by atoms with E-state index < -0.39 is 0 Å². The van der Waals surface area contributed by atoms with Crippen LogP contribution in [0.2, 0.25) is 0 Å². The standard InChI is InChI=1S/C17H24BrNO2/c18-13-6-7-15-16(5-3-11-21-17(15)12-13)19-9-8-14-4-1-2-10-20-14/h6-7,12,14,16,19H,1-5,8-11H2. The summed E-state index contributed by atoms with van der Waals surface area (Å²) in [5.41, 5.74) is 1.29. The maximum Gasteiger partial charge on any atom is 0.125 e. The van der Waals surface area contributed by atoms with E-state index in [1.54, 1.807) is 0 Å². The summed E-state index contributed by atoms with van der Waals surface area (Å²) in [6.07, 6.45) is 7.58. The molecule has 21 heavy (non-hydrogen) atoms. The highest BCUT2D eigenvalue weighted by Crippen LogP contribution is 2.33. The van der Waals surface area contributed by atoms with Crippen LogP contribution < -0.4 is 10.1 Å². The van der Waals surface area contributed by atoms with Crippen LogP contribution in [-0.4, -0.2) is 25.9 Å². The quantitative estimate of drug-likeness (QED) is 0.879. The summed E-state index contributed by atoms with van der Waals surface area (Å²) >= 11 is 3.52. The summed E-state index contributed by atoms with van der Waals surface area (Å²) in [7, 11) is 0. The molecular weight excluding hydrogens is 330 g/mol. The lowest BCUT2D eigenvalue weighted by molar-refractivity contribution is 0.0111. The molecule has 0 bridgehead atoms. The van der Waals surface area contributed by atoms with Gasteiger partial charge in [0.25, 0.3) is 0 Å². The number of hydrogen-bond donors (Lipinski definition) is 1. The fourth-order valence-electron chi connectivity index (χ4n) is 3.21. The lowest BCUT2D eigenvalue weighted by Crippen LogP contribution is -2.28. The highest BCUT2D eigenvalue weighted by Gasteiger charge is 2.20. The fourth-order valence-corrected chi connectivity index (χ4v) is 3.55. The summed E-state index contributed by atoms with van der Waals surface area (Å²) in [4.78, 5) is 0. The monoisotopic (exact) mass is 353 g/mol. The Kier molecular flexibility index (Phi) is 5.55. The first-order chi connectivity index (χ1) is 10.3. The summed E-state index contributed by atoms with van der Waals surface area (Å²) in [6.45, 7) is 2.77. The van der Waals surface area contributed by atoms with Gasteiger partial charge in [0.2, 0.25) is 0 Å². The van der Waals surface area contributed by atoms with Gasteiger partial charge in [0.05, 0.1) is 12.7 Å². The van der Waals surface area contributed by atoms with Gasteiger partial charge in [-0.05, 0) is 57.2 Å². The number of benzene rings is 1. The average molecular weight is 354 g/mol. The zero-order chi connectivity index (χ0) is 14.5. The van der Waals surface area contributed by atoms with E-state index in [4.69, 9.17) is 9.47 Å². The van der Waals surface area contributed by atoms with Crippen molar-refractivity contribution in [2.45, 2.75) is 50.7 Å². The Morgan fingerprint density at radius 3 is 2.95 bits per heavy atom. The predicted molar refractivity (Wildman–Crippen MR) is 87.8 cm³/mol. The molecule has 116 valence electrons. The number of rotatable bonds is 4. The Morgan fingerprint density at radius 1 is 1.14 bits per heavy atom. The van der Waals surface area contributed by atoms with Crippen molar-refractivity contribution in [3.8, 4) is 5.75 Å². The molecule has 0 spiro atoms. The molecule has 2 heterocycles. The molecule has 1 aromatic carbocycles. The molecule has 2 aliphatic rings. The molecule has 0 aromatic heterocycles. The first-order valence-electron chi connectivity index (χ1n) is 8.10. The molecule has 2 unspecified atom stereocenters. The molecule has 0 amide bonds. The van der Waals surface area contributed by atoms with E-state index in [0.717, 1.165) is 49.2 Å². The average Bonchev–Trinajstić information content (AvgIpc) is 2.70. The van der Waals surface area contributed by atoms with Crippen LogP contribution in [0.1, 0.15) is 50.1 Å². The Bertz CT molecular complexity index is 460. The largest absolute Gasteiger partial charge is 0.493 e. The van der Waals surface area contributed by atoms with Crippen LogP contribution in [0.3, 0.4) is 0 Å². The third-order valence-corrected chi connectivity index (χ3v) is 4.87. The third kappa shape index (κ3) is 4.21. The molecule has 0 radical (unpaired) electrons. The van der Waals surface area contributed by atoms with Gasteiger partial charge in [0.15, 0.2) is 0 Å². The van der Waals surface area contributed by atoms with Crippen LogP contribution >= 0.6 is 15.9 Å². The van der Waals surface area contributed by atoms with Crippen molar-refractivity contribution in [1.82, 2.24) is 5.32 Å². The van der Waals surface area contributed by atoms with Gasteiger partial charge in [-0.15, -0.1) is 0 Å². The second-order valence-electron chi connectivity index (χ2n) is 5.96. The summed E-state index contributed by atoms with van der Waals surface area (Å²) < 4.78 is 12.7. The van der Waals surface area contributed by atoms with Crippen molar-refractivity contribution in [2.75, 3.05) is 19.8 Å². The van der Waals surface area contributed by atoms with Crippen molar-refractivity contribution < 1.29 is 9.47 Å². The number of ether oxygens (including phenoxy) is 2. The second-order valence-corrected chi connectivity index (χ2v) is 6.87. The predicted octanol–water partition coefficient (Wildman–Crippen LogP) is 4.21. The molecule has 3 nitrogen and oxygen atoms in total. The Balaban J connectivity index is 1.57. The zero-order valence-electron chi connectivity index (χ0n) is 12.4. The van der Waals surface area contributed by atoms with Crippen LogP contribution in [0, 0.1) is 0 Å². The minimum absolute atomic E-state index is 0.402. The van der Waals surface area contributed by atoms with E-state index in [0.29, 0.717) is 12.1 Å². The van der Waals surface area contributed by atoms with E-state index in [1.165, 1.54) is 24.8 Å². The minimum Gasteiger partial charge on any atom is -0.493 e. The first-order valence-corrected chi connectivity index (χ1v) is 8.89. The molecular formula is C17H24BrNO2. The maximum atomic E-state index is 5.86. The summed E-state index contributed by atoms with van der Waals surface area (Å²) in [5, 5.41) is 3.71. The molecule has 0 saturated carbocycles. The number of hydrogen-bond acceptors (Lipinski definition) is 3. The lowest BCUT2D eigenvalue weighted by Gasteiger charge is -2.24. The van der Waals surface area contributed by atoms with Gasteiger partial charge in [0, 0.05) is 22.7 Å². The van der Waals surface area contributed by atoms with Gasteiger partial charge in [0.1, 0.15) is 5.75 Å². The topological polar surface area (TPSA) is 30.5 Å². The molecule has 1 saturated heterocycles. The Labute approximate surface area is 135 Å². The smallest absolute Gasteiger partial charge is 0.125 e. The number of halogens is 1. The molecule has 1 fully saturated rings. The molecule has 1 aromatic rings. The third-order valence-electron chi connectivity index (χ3n) is 4.38. The van der Waals surface area contributed by atoms with Crippen molar-refractivity contribution in [3.63, 3.8) is 0 Å².